The molecule has 0 saturated heterocycles. The van der Waals surface area contributed by atoms with Crippen molar-refractivity contribution in [3.8, 4) is 0 Å². The summed E-state index contributed by atoms with van der Waals surface area (Å²) < 4.78 is 26.2. The van der Waals surface area contributed by atoms with Crippen LogP contribution >= 0.6 is 0 Å². The number of nitro groups is 1. The molecule has 0 atom stereocenters. The first-order valence-corrected chi connectivity index (χ1v) is 4.05. The molecule has 2 rings (SSSR count). The van der Waals surface area contributed by atoms with Gasteiger partial charge in [0.15, 0.2) is 0 Å². The van der Waals surface area contributed by atoms with E-state index < -0.39 is 16.9 Å². The van der Waals surface area contributed by atoms with Gasteiger partial charge in [0, 0.05) is 12.8 Å². The van der Waals surface area contributed by atoms with Gasteiger partial charge in [0.25, 0.3) is 5.92 Å². The number of alkyl halides is 2. The smallest absolute Gasteiger partial charge is 0.358 e. The maximum absolute atomic E-state index is 12.5. The SMILES string of the molecule is O=[N+]([O-])c1ccn(C2CC(F)(F)C2)n1. The molecule has 0 bridgehead atoms. The molecule has 1 aromatic heterocycles. The summed E-state index contributed by atoms with van der Waals surface area (Å²) >= 11 is 0. The topological polar surface area (TPSA) is 61.0 Å². The van der Waals surface area contributed by atoms with Gasteiger partial charge in [-0.25, -0.2) is 8.78 Å². The molecule has 0 N–H and O–H groups in total. The van der Waals surface area contributed by atoms with Crippen LogP contribution in [0.25, 0.3) is 0 Å². The van der Waals surface area contributed by atoms with E-state index in [1.807, 2.05) is 0 Å². The Hall–Kier alpha value is -1.53. The standard InChI is InChI=1S/C7H7F2N3O2/c8-7(9)3-5(4-7)11-2-1-6(10-11)12(13)14/h1-2,5H,3-4H2. The zero-order chi connectivity index (χ0) is 10.3. The van der Waals surface area contributed by atoms with E-state index in [1.165, 1.54) is 16.9 Å². The summed E-state index contributed by atoms with van der Waals surface area (Å²) in [5.74, 6) is -2.94. The Balaban J connectivity index is 2.08. The molecule has 14 heavy (non-hydrogen) atoms. The van der Waals surface area contributed by atoms with Crippen LogP contribution in [0.2, 0.25) is 0 Å². The van der Waals surface area contributed by atoms with Crippen molar-refractivity contribution in [2.75, 3.05) is 0 Å². The molecule has 0 aliphatic heterocycles. The van der Waals surface area contributed by atoms with Crippen LogP contribution in [-0.2, 0) is 0 Å². The van der Waals surface area contributed by atoms with Crippen molar-refractivity contribution in [2.45, 2.75) is 24.8 Å². The number of hydrogen-bond donors (Lipinski definition) is 0. The van der Waals surface area contributed by atoms with Crippen LogP contribution in [0.3, 0.4) is 0 Å². The molecule has 76 valence electrons. The molecule has 1 saturated carbocycles. The lowest BCUT2D eigenvalue weighted by atomic mass is 9.88. The minimum atomic E-state index is -2.63. The van der Waals surface area contributed by atoms with Crippen LogP contribution < -0.4 is 0 Å². The van der Waals surface area contributed by atoms with Crippen LogP contribution in [0.5, 0.6) is 0 Å². The van der Waals surface area contributed by atoms with E-state index in [4.69, 9.17) is 0 Å². The van der Waals surface area contributed by atoms with Crippen molar-refractivity contribution in [1.29, 1.82) is 0 Å². The molecule has 0 spiro atoms. The highest BCUT2D eigenvalue weighted by Gasteiger charge is 2.47. The van der Waals surface area contributed by atoms with Gasteiger partial charge in [0.05, 0.1) is 23.4 Å². The minimum Gasteiger partial charge on any atom is -0.358 e. The lowest BCUT2D eigenvalue weighted by molar-refractivity contribution is -0.390. The monoisotopic (exact) mass is 203 g/mol. The predicted molar refractivity (Wildman–Crippen MR) is 42.1 cm³/mol. The second-order valence-corrected chi connectivity index (χ2v) is 3.33. The third-order valence-corrected chi connectivity index (χ3v) is 2.22. The Morgan fingerprint density at radius 3 is 2.71 bits per heavy atom. The molecular formula is C7H7F2N3O2. The van der Waals surface area contributed by atoms with E-state index in [0.29, 0.717) is 0 Å². The van der Waals surface area contributed by atoms with Gasteiger partial charge >= 0.3 is 5.82 Å². The van der Waals surface area contributed by atoms with Gasteiger partial charge in [-0.3, -0.25) is 0 Å². The van der Waals surface area contributed by atoms with E-state index in [1.54, 1.807) is 0 Å². The van der Waals surface area contributed by atoms with Crippen LogP contribution in [0, 0.1) is 10.1 Å². The molecule has 1 aromatic rings. The highest BCUT2D eigenvalue weighted by atomic mass is 19.3. The van der Waals surface area contributed by atoms with Gasteiger partial charge in [0.2, 0.25) is 0 Å². The van der Waals surface area contributed by atoms with E-state index in [-0.39, 0.29) is 18.7 Å². The average molecular weight is 203 g/mol. The zero-order valence-electron chi connectivity index (χ0n) is 7.06. The van der Waals surface area contributed by atoms with Gasteiger partial charge in [-0.05, 0) is 4.92 Å². The third-order valence-electron chi connectivity index (χ3n) is 2.22. The normalized spacial score (nSPS) is 20.4. The Bertz CT molecular complexity index is 369. The number of aromatic nitrogens is 2. The van der Waals surface area contributed by atoms with Gasteiger partial charge in [-0.15, -0.1) is 0 Å². The van der Waals surface area contributed by atoms with Crippen LogP contribution in [0.4, 0.5) is 14.6 Å². The van der Waals surface area contributed by atoms with Crippen molar-refractivity contribution in [2.24, 2.45) is 0 Å². The maximum atomic E-state index is 12.5. The first kappa shape index (κ1) is 9.04. The Labute approximate surface area is 77.5 Å². The first-order valence-electron chi connectivity index (χ1n) is 4.05. The van der Waals surface area contributed by atoms with Crippen LogP contribution in [0.15, 0.2) is 12.3 Å². The van der Waals surface area contributed by atoms with Gasteiger partial charge in [0.1, 0.15) is 0 Å². The summed E-state index contributed by atoms with van der Waals surface area (Å²) in [6.07, 6.45) is 0.787. The van der Waals surface area contributed by atoms with E-state index in [2.05, 4.69) is 5.10 Å². The lowest BCUT2D eigenvalue weighted by Crippen LogP contribution is -2.37. The number of halogens is 2. The molecule has 7 heteroatoms. The lowest BCUT2D eigenvalue weighted by Gasteiger charge is -2.32. The minimum absolute atomic E-state index is 0.286. The molecule has 1 fully saturated rings. The van der Waals surface area contributed by atoms with E-state index in [9.17, 15) is 18.9 Å². The molecular weight excluding hydrogens is 196 g/mol. The van der Waals surface area contributed by atoms with Crippen LogP contribution in [0.1, 0.15) is 18.9 Å². The zero-order valence-corrected chi connectivity index (χ0v) is 7.06. The summed E-state index contributed by atoms with van der Waals surface area (Å²) in [4.78, 5) is 9.61. The second-order valence-electron chi connectivity index (χ2n) is 3.33. The molecule has 0 radical (unpaired) electrons. The van der Waals surface area contributed by atoms with Crippen molar-refractivity contribution in [3.63, 3.8) is 0 Å². The molecule has 1 heterocycles. The molecule has 5 nitrogen and oxygen atoms in total. The highest BCUT2D eigenvalue weighted by molar-refractivity contribution is 5.15. The maximum Gasteiger partial charge on any atom is 0.389 e. The summed E-state index contributed by atoms with van der Waals surface area (Å²) in [5.41, 5.74) is 0. The third kappa shape index (κ3) is 1.45. The molecule has 1 aliphatic rings. The fourth-order valence-corrected chi connectivity index (χ4v) is 1.45. The molecule has 0 amide bonds. The Morgan fingerprint density at radius 2 is 2.29 bits per heavy atom. The fraction of sp³-hybridized carbons (Fsp3) is 0.571. The average Bonchev–Trinajstić information content (AvgIpc) is 2.47. The molecule has 0 unspecified atom stereocenters. The number of rotatable bonds is 2. The van der Waals surface area contributed by atoms with Crippen molar-refractivity contribution in [3.05, 3.63) is 22.4 Å². The summed E-state index contributed by atoms with van der Waals surface area (Å²) in [5, 5.41) is 13.8. The van der Waals surface area contributed by atoms with Crippen molar-refractivity contribution in [1.82, 2.24) is 9.78 Å². The fourth-order valence-electron chi connectivity index (χ4n) is 1.45. The summed E-state index contributed by atoms with van der Waals surface area (Å²) in [6, 6.07) is 0.801. The Morgan fingerprint density at radius 1 is 1.64 bits per heavy atom. The van der Waals surface area contributed by atoms with Crippen molar-refractivity contribution < 1.29 is 13.7 Å². The second kappa shape index (κ2) is 2.73. The van der Waals surface area contributed by atoms with E-state index >= 15 is 0 Å². The number of nitrogens with zero attached hydrogens (tertiary/aromatic N) is 3. The summed E-state index contributed by atoms with van der Waals surface area (Å²) in [7, 11) is 0. The molecule has 1 aliphatic carbocycles. The highest BCUT2D eigenvalue weighted by Crippen LogP contribution is 2.45. The van der Waals surface area contributed by atoms with E-state index in [0.717, 1.165) is 0 Å². The van der Waals surface area contributed by atoms with Gasteiger partial charge in [-0.1, -0.05) is 0 Å². The number of hydrogen-bond acceptors (Lipinski definition) is 3. The van der Waals surface area contributed by atoms with Gasteiger partial charge in [-0.2, -0.15) is 4.68 Å². The summed E-state index contributed by atoms with van der Waals surface area (Å²) in [6.45, 7) is 0. The predicted octanol–water partition coefficient (Wildman–Crippen LogP) is 1.76. The molecule has 0 aromatic carbocycles. The van der Waals surface area contributed by atoms with Gasteiger partial charge < -0.3 is 10.1 Å². The Kier molecular flexibility index (Phi) is 1.76. The van der Waals surface area contributed by atoms with Crippen LogP contribution in [-0.4, -0.2) is 20.6 Å². The largest absolute Gasteiger partial charge is 0.389 e. The van der Waals surface area contributed by atoms with Crippen molar-refractivity contribution >= 4 is 5.82 Å². The quantitative estimate of drug-likeness (QED) is 0.543. The first-order chi connectivity index (χ1) is 6.48.